The van der Waals surface area contributed by atoms with Crippen molar-refractivity contribution >= 4 is 66.4 Å². The zero-order valence-corrected chi connectivity index (χ0v) is 37.4. The van der Waals surface area contributed by atoms with E-state index in [2.05, 4.69) is 99.7 Å². The molecule has 0 saturated carbocycles. The number of carbonyl (C=O) groups excluding carboxylic acids is 3. The molecule has 330 valence electrons. The fourth-order valence-electron chi connectivity index (χ4n) is 5.35. The van der Waals surface area contributed by atoms with Crippen LogP contribution in [0.1, 0.15) is 70.3 Å². The average Bonchev–Trinajstić information content (AvgIpc) is 4.00. The Labute approximate surface area is 393 Å². The molecule has 0 aliphatic carbocycles. The van der Waals surface area contributed by atoms with Crippen molar-refractivity contribution in [2.45, 2.75) is 45.2 Å². The smallest absolute Gasteiger partial charge is 0.753 e. The molecule has 6 heterocycles. The standard InChI is InChI=1S/C24H13N3O6.C21H21F3N3S.CNS.Ru/c28-15-31-8-3-18-1-6-25-21(11-18)23-13-20(5-10-33-17-30)14-24(27-23)22-12-19(2-7-26-22)4-9-32-16-29;1-2-3-4-5-6-16-9-10-17(28-16)8-7-15-11-12-25-18(13-15)19-14-20(27-26-19)21(22,23)24;2-1-3;/h1-2,5-7,10-17H;7-14H,2-6H2,1H3;;/q;2*-1;+2/b10-5+;8-7+;;. The van der Waals surface area contributed by atoms with Crippen molar-refractivity contribution in [3.8, 4) is 58.2 Å². The number of aromatic nitrogens is 6. The number of rotatable bonds is 15. The zero-order chi connectivity index (χ0) is 46.0. The van der Waals surface area contributed by atoms with Crippen molar-refractivity contribution in [3.05, 3.63) is 135 Å². The Hall–Kier alpha value is -7.27. The topological polar surface area (TPSA) is 180 Å². The number of halogens is 3. The number of ether oxygens (including phenoxy) is 3. The molecule has 6 rings (SSSR count). The van der Waals surface area contributed by atoms with E-state index in [4.69, 9.17) is 5.41 Å². The van der Waals surface area contributed by atoms with Gasteiger partial charge in [0.2, 0.25) is 0 Å². The van der Waals surface area contributed by atoms with Crippen LogP contribution in [0.2, 0.25) is 0 Å². The first-order valence-corrected chi connectivity index (χ1v) is 20.1. The maximum absolute atomic E-state index is 12.7. The van der Waals surface area contributed by atoms with Crippen LogP contribution in [0.3, 0.4) is 0 Å². The number of thiocarbonyl (C=S) groups is 1. The van der Waals surface area contributed by atoms with Gasteiger partial charge in [-0.2, -0.15) is 18.3 Å². The molecule has 19 heteroatoms. The molecule has 0 N–H and O–H groups in total. The maximum Gasteiger partial charge on any atom is 2.00 e. The Balaban J connectivity index is 0.000000324. The first kappa shape index (κ1) is 52.1. The predicted molar refractivity (Wildman–Crippen MR) is 238 cm³/mol. The van der Waals surface area contributed by atoms with Crippen LogP contribution in [-0.2, 0) is 60.7 Å². The summed E-state index contributed by atoms with van der Waals surface area (Å²) in [4.78, 5) is 51.0. The number of isothiocyanates is 1. The summed E-state index contributed by atoms with van der Waals surface area (Å²) in [5.41, 5.74) is 4.06. The third-order valence-corrected chi connectivity index (χ3v) is 9.28. The first-order chi connectivity index (χ1) is 31.1. The largest absolute Gasteiger partial charge is 2.00 e. The minimum atomic E-state index is -4.50. The van der Waals surface area contributed by atoms with E-state index in [9.17, 15) is 27.6 Å². The van der Waals surface area contributed by atoms with Crippen molar-refractivity contribution < 1.29 is 61.2 Å². The van der Waals surface area contributed by atoms with Gasteiger partial charge in [-0.25, -0.2) is 4.98 Å². The van der Waals surface area contributed by atoms with Gasteiger partial charge in [0.1, 0.15) is 17.9 Å². The van der Waals surface area contributed by atoms with E-state index in [1.807, 2.05) is 12.2 Å². The fourth-order valence-corrected chi connectivity index (χ4v) is 6.31. The van der Waals surface area contributed by atoms with E-state index in [-0.39, 0.29) is 38.1 Å². The van der Waals surface area contributed by atoms with E-state index in [1.165, 1.54) is 42.0 Å². The number of hydrogen-bond acceptors (Lipinski definition) is 13. The van der Waals surface area contributed by atoms with Gasteiger partial charge in [0.15, 0.2) is 0 Å². The van der Waals surface area contributed by atoms with Gasteiger partial charge in [-0.05, 0) is 115 Å². The van der Waals surface area contributed by atoms with Crippen LogP contribution in [0, 0.1) is 24.1 Å². The molecule has 0 fully saturated rings. The first-order valence-electron chi connectivity index (χ1n) is 18.8. The molecule has 6 aromatic heterocycles. The van der Waals surface area contributed by atoms with Gasteiger partial charge < -0.3 is 29.8 Å². The Kier molecular flexibility index (Phi) is 22.8. The van der Waals surface area contributed by atoms with Crippen LogP contribution in [0.5, 0.6) is 0 Å². The monoisotopic (exact) mass is 1000 g/mol. The van der Waals surface area contributed by atoms with Crippen molar-refractivity contribution in [3.63, 3.8) is 0 Å². The quantitative estimate of drug-likeness (QED) is 0.0139. The molecule has 0 spiro atoms. The molecule has 0 unspecified atom stereocenters. The summed E-state index contributed by atoms with van der Waals surface area (Å²) >= 11 is 5.47. The summed E-state index contributed by atoms with van der Waals surface area (Å²) in [6.45, 7) is 2.97. The molecule has 0 bridgehead atoms. The van der Waals surface area contributed by atoms with E-state index < -0.39 is 11.9 Å². The molecule has 0 radical (unpaired) electrons. The summed E-state index contributed by atoms with van der Waals surface area (Å²) < 4.78 is 51.5. The second kappa shape index (κ2) is 28.4. The number of carbonyl (C=O) groups is 3. The SMILES string of the molecule is CCCCCCc1ccc(/C=C/c2ccnc(-c3cc(C(F)(F)F)n[n-]3)c2)s1.O=COC#Cc1ccnc(-c2cc(/C=C/OC=O)cc(-c3cc(C#COC=O)ccn3)n2)c1.[N-]=C=S.[Ru+2]. The second-order valence-corrected chi connectivity index (χ2v) is 14.0. The molecule has 0 atom stereocenters. The van der Waals surface area contributed by atoms with E-state index in [0.717, 1.165) is 22.9 Å². The number of alkyl halides is 3. The summed E-state index contributed by atoms with van der Waals surface area (Å²) in [6.07, 6.45) is 17.5. The van der Waals surface area contributed by atoms with Crippen molar-refractivity contribution in [2.24, 2.45) is 0 Å². The summed E-state index contributed by atoms with van der Waals surface area (Å²) in [6, 6.07) is 18.8. The molecular weight excluding hydrogens is 969 g/mol. The van der Waals surface area contributed by atoms with Crippen LogP contribution < -0.4 is 5.10 Å². The van der Waals surface area contributed by atoms with Crippen molar-refractivity contribution in [2.75, 3.05) is 0 Å². The van der Waals surface area contributed by atoms with Crippen molar-refractivity contribution in [1.82, 2.24) is 30.1 Å². The number of unbranched alkanes of at least 4 members (excludes halogenated alkanes) is 3. The molecule has 0 aromatic carbocycles. The predicted octanol–water partition coefficient (Wildman–Crippen LogP) is 9.44. The normalized spacial score (nSPS) is 10.2. The van der Waals surface area contributed by atoms with Gasteiger partial charge in [-0.15, -0.1) is 11.3 Å². The molecule has 0 aliphatic heterocycles. The third kappa shape index (κ3) is 18.2. The van der Waals surface area contributed by atoms with E-state index >= 15 is 0 Å². The summed E-state index contributed by atoms with van der Waals surface area (Å²) in [7, 11) is 0. The minimum Gasteiger partial charge on any atom is -0.753 e. The van der Waals surface area contributed by atoms with Gasteiger partial charge in [-0.3, -0.25) is 29.3 Å². The third-order valence-electron chi connectivity index (χ3n) is 8.17. The van der Waals surface area contributed by atoms with Crippen molar-refractivity contribution in [1.29, 1.82) is 0 Å². The number of nitrogens with zero attached hydrogens (tertiary/aromatic N) is 7. The minimum absolute atomic E-state index is 0. The summed E-state index contributed by atoms with van der Waals surface area (Å²) in [5.74, 6) is 5.36. The Bertz CT molecular complexity index is 2640. The Morgan fingerprint density at radius 2 is 1.34 bits per heavy atom. The molecule has 13 nitrogen and oxygen atoms in total. The van der Waals surface area contributed by atoms with Gasteiger partial charge in [0, 0.05) is 45.2 Å². The number of pyridine rings is 4. The van der Waals surface area contributed by atoms with Crippen LogP contribution in [0.15, 0.2) is 91.6 Å². The second-order valence-electron chi connectivity index (χ2n) is 12.6. The molecule has 0 amide bonds. The van der Waals surface area contributed by atoms with Crippen LogP contribution >= 0.6 is 23.6 Å². The van der Waals surface area contributed by atoms with Gasteiger partial charge in [0.25, 0.3) is 6.47 Å². The number of thiophene rings is 1. The van der Waals surface area contributed by atoms with E-state index in [1.54, 1.807) is 84.5 Å². The van der Waals surface area contributed by atoms with Gasteiger partial charge in [0.05, 0.1) is 29.0 Å². The Morgan fingerprint density at radius 3 is 1.91 bits per heavy atom. The van der Waals surface area contributed by atoms with Gasteiger partial charge in [-0.1, -0.05) is 50.2 Å². The van der Waals surface area contributed by atoms with E-state index in [0.29, 0.717) is 51.6 Å². The number of aryl methyl sites for hydroxylation is 1. The van der Waals surface area contributed by atoms with Gasteiger partial charge >= 0.3 is 38.6 Å². The van der Waals surface area contributed by atoms with Crippen LogP contribution in [0.25, 0.3) is 57.8 Å². The average molecular weight is 1000 g/mol. The molecule has 65 heavy (non-hydrogen) atoms. The summed E-state index contributed by atoms with van der Waals surface area (Å²) in [5, 5.41) is 15.3. The molecule has 0 saturated heterocycles. The van der Waals surface area contributed by atoms with Crippen LogP contribution in [0.4, 0.5) is 13.2 Å². The number of hydrogen-bond donors (Lipinski definition) is 0. The molecular formula is C46H34F3N7O6RuS2. The fraction of sp³-hybridized carbons (Fsp3) is 0.152. The van der Waals surface area contributed by atoms with Crippen LogP contribution in [-0.4, -0.2) is 49.6 Å². The maximum atomic E-state index is 12.7. The molecule has 6 aromatic rings. The Morgan fingerprint density at radius 1 is 0.738 bits per heavy atom. The molecule has 0 aliphatic rings. The zero-order valence-electron chi connectivity index (χ0n) is 34.0.